The van der Waals surface area contributed by atoms with Crippen molar-refractivity contribution in [2.24, 2.45) is 11.8 Å². The first-order valence-corrected chi connectivity index (χ1v) is 15.9. The number of hydrogen-bond acceptors (Lipinski definition) is 7. The molecule has 0 radical (unpaired) electrons. The van der Waals surface area contributed by atoms with Crippen molar-refractivity contribution in [1.29, 1.82) is 0 Å². The summed E-state index contributed by atoms with van der Waals surface area (Å²) >= 11 is 0. The van der Waals surface area contributed by atoms with E-state index in [-0.39, 0.29) is 24.8 Å². The van der Waals surface area contributed by atoms with Gasteiger partial charge in [-0.25, -0.2) is 9.52 Å². The zero-order valence-electron chi connectivity index (χ0n) is 23.7. The number of fused-ring (bicyclic) bond motifs is 2. The number of carbonyl (C=O) groups excluding carboxylic acids is 4. The Balaban J connectivity index is 1.51. The van der Waals surface area contributed by atoms with Gasteiger partial charge in [-0.2, -0.15) is 13.1 Å². The van der Waals surface area contributed by atoms with E-state index in [1.54, 1.807) is 20.8 Å². The van der Waals surface area contributed by atoms with E-state index in [2.05, 4.69) is 20.1 Å². The predicted molar refractivity (Wildman–Crippen MR) is 147 cm³/mol. The van der Waals surface area contributed by atoms with Crippen LogP contribution in [0, 0.1) is 11.8 Å². The van der Waals surface area contributed by atoms with E-state index in [0.717, 1.165) is 32.1 Å². The molecule has 0 aromatic rings. The van der Waals surface area contributed by atoms with E-state index >= 15 is 0 Å². The average molecular weight is 582 g/mol. The first-order chi connectivity index (χ1) is 18.8. The van der Waals surface area contributed by atoms with Crippen LogP contribution in [0.5, 0.6) is 0 Å². The van der Waals surface area contributed by atoms with Crippen LogP contribution in [0.3, 0.4) is 0 Å². The zero-order chi connectivity index (χ0) is 29.1. The zero-order valence-corrected chi connectivity index (χ0v) is 24.5. The molecule has 2 saturated carbocycles. The third-order valence-corrected chi connectivity index (χ3v) is 8.81. The van der Waals surface area contributed by atoms with Crippen LogP contribution in [0.25, 0.3) is 0 Å². The van der Waals surface area contributed by atoms with Crippen LogP contribution >= 0.6 is 0 Å². The molecule has 0 unspecified atom stereocenters. The molecule has 2 heterocycles. The van der Waals surface area contributed by atoms with E-state index in [0.29, 0.717) is 38.1 Å². The Bertz CT molecular complexity index is 1130. The van der Waals surface area contributed by atoms with Gasteiger partial charge in [-0.05, 0) is 78.1 Å². The summed E-state index contributed by atoms with van der Waals surface area (Å²) in [6.07, 6.45) is 9.80. The summed E-state index contributed by atoms with van der Waals surface area (Å²) < 4.78 is 34.9. The van der Waals surface area contributed by atoms with Gasteiger partial charge in [-0.1, -0.05) is 25.0 Å². The number of ether oxygens (including phenoxy) is 1. The lowest BCUT2D eigenvalue weighted by Crippen LogP contribution is -2.59. The van der Waals surface area contributed by atoms with Gasteiger partial charge in [-0.3, -0.25) is 14.4 Å². The molecule has 40 heavy (non-hydrogen) atoms. The Morgan fingerprint density at radius 3 is 2.55 bits per heavy atom. The average Bonchev–Trinajstić information content (AvgIpc) is 3.75. The molecule has 4 atom stereocenters. The van der Waals surface area contributed by atoms with Crippen molar-refractivity contribution >= 4 is 34.0 Å². The summed E-state index contributed by atoms with van der Waals surface area (Å²) in [5.74, 6) is -1.73. The second-order valence-electron chi connectivity index (χ2n) is 12.5. The van der Waals surface area contributed by atoms with E-state index in [1.165, 1.54) is 4.90 Å². The molecule has 2 aliphatic heterocycles. The van der Waals surface area contributed by atoms with Crippen molar-refractivity contribution in [2.45, 2.75) is 108 Å². The third kappa shape index (κ3) is 7.96. The van der Waals surface area contributed by atoms with Crippen molar-refractivity contribution in [3.05, 3.63) is 12.2 Å². The number of nitrogens with one attached hydrogen (secondary N) is 4. The number of amides is 4. The predicted octanol–water partition coefficient (Wildman–Crippen LogP) is 1.63. The first-order valence-electron chi connectivity index (χ1n) is 14.4. The number of rotatable bonds is 6. The Hall–Kier alpha value is -2.67. The number of carbonyl (C=O) groups is 4. The van der Waals surface area contributed by atoms with E-state index in [9.17, 15) is 27.6 Å². The molecule has 4 rings (SSSR count). The van der Waals surface area contributed by atoms with Gasteiger partial charge in [0, 0.05) is 19.0 Å². The molecule has 4 amide bonds. The highest BCUT2D eigenvalue weighted by Gasteiger charge is 2.61. The van der Waals surface area contributed by atoms with Crippen molar-refractivity contribution in [2.75, 3.05) is 13.1 Å². The summed E-state index contributed by atoms with van der Waals surface area (Å²) in [6, 6.07) is -1.68. The molecule has 3 fully saturated rings. The fourth-order valence-corrected chi connectivity index (χ4v) is 6.30. The second kappa shape index (κ2) is 12.1. The standard InChI is InChI=1S/C27H43N5O7S/c1-26(2,3)39-25(36)29-20-11-8-6-4-5-7-10-19-16-27(19,24(35)31-40(37,38)28-17-18-13-14-18)30-22(33)21-12-9-15-32(21)23(20)34/h7,10,18-21,28H,4-6,8-9,11-17H2,1-3H3,(H,29,36)(H,30,33)(H,31,35)/b10-7-/t19-,20-,21-,27+/m0/s1. The number of nitrogens with zero attached hydrogens (tertiary/aromatic N) is 1. The number of hydrogen-bond donors (Lipinski definition) is 4. The monoisotopic (exact) mass is 581 g/mol. The lowest BCUT2D eigenvalue weighted by Gasteiger charge is -2.30. The third-order valence-electron chi connectivity index (χ3n) is 7.81. The van der Waals surface area contributed by atoms with Crippen molar-refractivity contribution < 1.29 is 32.3 Å². The van der Waals surface area contributed by atoms with Gasteiger partial charge >= 0.3 is 16.3 Å². The summed E-state index contributed by atoms with van der Waals surface area (Å²) in [5.41, 5.74) is -2.14. The molecule has 4 aliphatic rings. The molecule has 0 aromatic heterocycles. The minimum Gasteiger partial charge on any atom is -0.444 e. The SMILES string of the molecule is CC(C)(C)OC(=O)N[C@H]1CCCCC/C=C\[C@H]2C[C@@]2(C(=O)NS(=O)(=O)NCC2CC2)NC(=O)[C@@H]2CCCN2C1=O. The van der Waals surface area contributed by atoms with Gasteiger partial charge in [0.1, 0.15) is 23.2 Å². The number of alkyl carbamates (subject to hydrolysis) is 1. The smallest absolute Gasteiger partial charge is 0.408 e. The van der Waals surface area contributed by atoms with Crippen molar-refractivity contribution in [3.63, 3.8) is 0 Å². The molecule has 0 bridgehead atoms. The molecule has 1 saturated heterocycles. The van der Waals surface area contributed by atoms with Gasteiger partial charge in [0.05, 0.1) is 0 Å². The van der Waals surface area contributed by atoms with E-state index < -0.39 is 51.3 Å². The molecule has 224 valence electrons. The summed E-state index contributed by atoms with van der Waals surface area (Å²) in [6.45, 7) is 5.83. The van der Waals surface area contributed by atoms with Crippen LogP contribution in [0.4, 0.5) is 4.79 Å². The van der Waals surface area contributed by atoms with Gasteiger partial charge in [0.15, 0.2) is 0 Å². The van der Waals surface area contributed by atoms with Crippen LogP contribution in [0.15, 0.2) is 12.2 Å². The summed E-state index contributed by atoms with van der Waals surface area (Å²) in [7, 11) is -4.08. The largest absolute Gasteiger partial charge is 0.444 e. The van der Waals surface area contributed by atoms with Crippen LogP contribution in [-0.2, 0) is 29.3 Å². The van der Waals surface area contributed by atoms with E-state index in [4.69, 9.17) is 4.74 Å². The van der Waals surface area contributed by atoms with Gasteiger partial charge in [0.2, 0.25) is 11.8 Å². The minimum absolute atomic E-state index is 0.267. The van der Waals surface area contributed by atoms with Gasteiger partial charge < -0.3 is 20.3 Å². The molecule has 0 spiro atoms. The minimum atomic E-state index is -4.08. The quantitative estimate of drug-likeness (QED) is 0.346. The topological polar surface area (TPSA) is 163 Å². The maximum absolute atomic E-state index is 13.6. The van der Waals surface area contributed by atoms with Gasteiger partial charge in [0.25, 0.3) is 5.91 Å². The Morgan fingerprint density at radius 1 is 1.10 bits per heavy atom. The molecule has 0 aromatic carbocycles. The molecular weight excluding hydrogens is 538 g/mol. The molecule has 2 aliphatic carbocycles. The second-order valence-corrected chi connectivity index (χ2v) is 14.0. The van der Waals surface area contributed by atoms with Crippen LogP contribution in [-0.4, -0.2) is 73.4 Å². The Kier molecular flexibility index (Phi) is 9.13. The van der Waals surface area contributed by atoms with E-state index in [1.807, 2.05) is 12.2 Å². The Labute approximate surface area is 236 Å². The lowest BCUT2D eigenvalue weighted by molar-refractivity contribution is -0.141. The molecule has 13 heteroatoms. The maximum Gasteiger partial charge on any atom is 0.408 e. The summed E-state index contributed by atoms with van der Waals surface area (Å²) in [4.78, 5) is 54.5. The Morgan fingerprint density at radius 2 is 1.85 bits per heavy atom. The molecule has 4 N–H and O–H groups in total. The highest BCUT2D eigenvalue weighted by molar-refractivity contribution is 7.88. The highest BCUT2D eigenvalue weighted by Crippen LogP contribution is 2.45. The van der Waals surface area contributed by atoms with Crippen LogP contribution < -0.4 is 20.1 Å². The lowest BCUT2D eigenvalue weighted by atomic mass is 10.0. The van der Waals surface area contributed by atoms with Crippen molar-refractivity contribution in [3.8, 4) is 0 Å². The van der Waals surface area contributed by atoms with Crippen molar-refractivity contribution in [1.82, 2.24) is 25.0 Å². The van der Waals surface area contributed by atoms with Crippen LogP contribution in [0.2, 0.25) is 0 Å². The summed E-state index contributed by atoms with van der Waals surface area (Å²) in [5, 5.41) is 5.52. The highest BCUT2D eigenvalue weighted by atomic mass is 32.2. The molecular formula is C27H43N5O7S. The fourth-order valence-electron chi connectivity index (χ4n) is 5.34. The normalized spacial score (nSPS) is 30.6. The fraction of sp³-hybridized carbons (Fsp3) is 0.778. The number of allylic oxidation sites excluding steroid dienone is 1. The molecule has 12 nitrogen and oxygen atoms in total. The van der Waals surface area contributed by atoms with Gasteiger partial charge in [-0.15, -0.1) is 0 Å². The van der Waals surface area contributed by atoms with Crippen LogP contribution in [0.1, 0.15) is 85.0 Å². The maximum atomic E-state index is 13.6. The first kappa shape index (κ1) is 30.3.